The van der Waals surface area contributed by atoms with Crippen molar-refractivity contribution in [2.45, 2.75) is 51.2 Å². The molecule has 0 unspecified atom stereocenters. The molecule has 0 spiro atoms. The van der Waals surface area contributed by atoms with Crippen LogP contribution in [0.25, 0.3) is 0 Å². The number of nitrogens with one attached hydrogen (secondary N) is 2. The molecule has 2 saturated heterocycles. The molecular formula is C28H35N3O3. The maximum absolute atomic E-state index is 13.3. The maximum Gasteiger partial charge on any atom is 0.228 e. The summed E-state index contributed by atoms with van der Waals surface area (Å²) in [7, 11) is 0. The third-order valence-corrected chi connectivity index (χ3v) is 7.41. The zero-order valence-electron chi connectivity index (χ0n) is 19.8. The number of nitrogens with zero attached hydrogens (tertiary/aromatic N) is 1. The molecule has 3 aliphatic rings. The molecule has 0 bridgehead atoms. The lowest BCUT2D eigenvalue weighted by Gasteiger charge is -2.36. The van der Waals surface area contributed by atoms with Gasteiger partial charge in [-0.3, -0.25) is 14.5 Å². The predicted molar refractivity (Wildman–Crippen MR) is 132 cm³/mol. The fraction of sp³-hybridized carbons (Fsp3) is 0.500. The van der Waals surface area contributed by atoms with Crippen LogP contribution in [-0.4, -0.2) is 49.1 Å². The molecule has 2 amide bonds. The Balaban J connectivity index is 1.26. The number of likely N-dealkylation sites (tertiary alicyclic amines) is 1. The maximum atomic E-state index is 13.3. The molecule has 2 aromatic rings. The second-order valence-electron chi connectivity index (χ2n) is 10.0. The smallest absolute Gasteiger partial charge is 0.228 e. The number of carbonyl (C=O) groups is 2. The summed E-state index contributed by atoms with van der Waals surface area (Å²) in [5, 5.41) is 6.24. The lowest BCUT2D eigenvalue weighted by atomic mass is 9.87. The van der Waals surface area contributed by atoms with Crippen LogP contribution in [0.1, 0.15) is 42.4 Å². The van der Waals surface area contributed by atoms with E-state index in [2.05, 4.69) is 39.8 Å². The summed E-state index contributed by atoms with van der Waals surface area (Å²) in [4.78, 5) is 28.6. The first-order valence-electron chi connectivity index (χ1n) is 12.7. The van der Waals surface area contributed by atoms with E-state index in [9.17, 15) is 9.59 Å². The number of ether oxygens (including phenoxy) is 1. The van der Waals surface area contributed by atoms with Gasteiger partial charge in [0.15, 0.2) is 0 Å². The third-order valence-electron chi connectivity index (χ3n) is 7.41. The minimum Gasteiger partial charge on any atom is -0.376 e. The molecule has 6 heteroatoms. The number of aryl methyl sites for hydroxylation is 2. The number of anilines is 1. The number of rotatable bonds is 7. The highest BCUT2D eigenvalue weighted by atomic mass is 16.5. The van der Waals surface area contributed by atoms with Crippen LogP contribution in [0.5, 0.6) is 0 Å². The van der Waals surface area contributed by atoms with E-state index in [1.165, 1.54) is 23.1 Å². The van der Waals surface area contributed by atoms with Gasteiger partial charge >= 0.3 is 0 Å². The molecule has 5 rings (SSSR count). The fourth-order valence-corrected chi connectivity index (χ4v) is 5.60. The molecule has 2 N–H and O–H groups in total. The van der Waals surface area contributed by atoms with Crippen LogP contribution in [0.15, 0.2) is 48.5 Å². The van der Waals surface area contributed by atoms with Gasteiger partial charge in [0.1, 0.15) is 0 Å². The van der Waals surface area contributed by atoms with Crippen molar-refractivity contribution in [3.05, 3.63) is 65.2 Å². The Morgan fingerprint density at radius 1 is 0.941 bits per heavy atom. The average molecular weight is 462 g/mol. The standard InChI is InChI=1S/C28H35N3O3/c32-27(29-16-26-10-5-13-34-26)23-14-24(19-31(18-23)17-20-6-2-1-3-7-20)28(33)30-25-12-11-21-8-4-9-22(21)15-25/h1-3,6-7,11-12,15,23-24,26H,4-5,8-10,13-14,16-19H2,(H,29,32)(H,30,33)/t23-,24+,26+/m0/s1. The SMILES string of the molecule is O=C(NC[C@H]1CCCO1)[C@H]1C[C@@H](C(=O)Nc2ccc3c(c2)CCC3)CN(Cc2ccccc2)C1. The number of amides is 2. The number of fused-ring (bicyclic) bond motifs is 1. The molecule has 2 heterocycles. The van der Waals surface area contributed by atoms with E-state index in [0.717, 1.165) is 44.5 Å². The second-order valence-corrected chi connectivity index (χ2v) is 10.0. The van der Waals surface area contributed by atoms with Gasteiger partial charge in [0.05, 0.1) is 17.9 Å². The minimum atomic E-state index is -0.232. The van der Waals surface area contributed by atoms with Crippen LogP contribution in [-0.2, 0) is 33.7 Å². The van der Waals surface area contributed by atoms with E-state index in [1.54, 1.807) is 0 Å². The topological polar surface area (TPSA) is 70.7 Å². The molecule has 3 atom stereocenters. The van der Waals surface area contributed by atoms with Gasteiger partial charge in [-0.25, -0.2) is 0 Å². The monoisotopic (exact) mass is 461 g/mol. The summed E-state index contributed by atoms with van der Waals surface area (Å²) in [5.41, 5.74) is 4.80. The fourth-order valence-electron chi connectivity index (χ4n) is 5.60. The first-order chi connectivity index (χ1) is 16.6. The van der Waals surface area contributed by atoms with Crippen molar-refractivity contribution in [1.82, 2.24) is 10.2 Å². The van der Waals surface area contributed by atoms with Gasteiger partial charge in [-0.05, 0) is 67.3 Å². The van der Waals surface area contributed by atoms with Gasteiger partial charge in [0.25, 0.3) is 0 Å². The number of piperidine rings is 1. The molecule has 2 fully saturated rings. The Labute approximate surface area is 202 Å². The average Bonchev–Trinajstić information content (AvgIpc) is 3.55. The number of hydrogen-bond acceptors (Lipinski definition) is 4. The van der Waals surface area contributed by atoms with Gasteiger partial charge in [0.2, 0.25) is 11.8 Å². The van der Waals surface area contributed by atoms with Crippen molar-refractivity contribution < 1.29 is 14.3 Å². The normalized spacial score (nSPS) is 24.5. The molecule has 180 valence electrons. The minimum absolute atomic E-state index is 0.00707. The molecule has 34 heavy (non-hydrogen) atoms. The molecule has 0 aromatic heterocycles. The van der Waals surface area contributed by atoms with Crippen molar-refractivity contribution in [1.29, 1.82) is 0 Å². The number of hydrogen-bond donors (Lipinski definition) is 2. The van der Waals surface area contributed by atoms with E-state index >= 15 is 0 Å². The van der Waals surface area contributed by atoms with Crippen molar-refractivity contribution in [3.63, 3.8) is 0 Å². The quantitative estimate of drug-likeness (QED) is 0.662. The van der Waals surface area contributed by atoms with Gasteiger partial charge in [-0.2, -0.15) is 0 Å². The van der Waals surface area contributed by atoms with Crippen molar-refractivity contribution in [2.24, 2.45) is 11.8 Å². The van der Waals surface area contributed by atoms with Crippen LogP contribution in [0.3, 0.4) is 0 Å². The Morgan fingerprint density at radius 3 is 2.53 bits per heavy atom. The number of carbonyl (C=O) groups excluding carboxylic acids is 2. The second kappa shape index (κ2) is 10.7. The van der Waals surface area contributed by atoms with Gasteiger partial charge < -0.3 is 15.4 Å². The van der Waals surface area contributed by atoms with E-state index in [-0.39, 0.29) is 29.8 Å². The van der Waals surface area contributed by atoms with Crippen molar-refractivity contribution in [2.75, 3.05) is 31.6 Å². The highest BCUT2D eigenvalue weighted by molar-refractivity contribution is 5.93. The Hall–Kier alpha value is -2.70. The zero-order valence-corrected chi connectivity index (χ0v) is 19.8. The molecule has 2 aliphatic heterocycles. The highest BCUT2D eigenvalue weighted by Gasteiger charge is 2.35. The van der Waals surface area contributed by atoms with Crippen molar-refractivity contribution >= 4 is 17.5 Å². The largest absolute Gasteiger partial charge is 0.376 e. The van der Waals surface area contributed by atoms with Crippen LogP contribution in [0.4, 0.5) is 5.69 Å². The predicted octanol–water partition coefficient (Wildman–Crippen LogP) is 3.55. The summed E-state index contributed by atoms with van der Waals surface area (Å²) < 4.78 is 5.66. The van der Waals surface area contributed by atoms with Gasteiger partial charge in [-0.15, -0.1) is 0 Å². The molecule has 2 aromatic carbocycles. The molecule has 0 radical (unpaired) electrons. The van der Waals surface area contributed by atoms with Crippen molar-refractivity contribution in [3.8, 4) is 0 Å². The molecular weight excluding hydrogens is 426 g/mol. The first-order valence-corrected chi connectivity index (χ1v) is 12.7. The lowest BCUT2D eigenvalue weighted by molar-refractivity contribution is -0.130. The Morgan fingerprint density at radius 2 is 1.74 bits per heavy atom. The summed E-state index contributed by atoms with van der Waals surface area (Å²) in [6.07, 6.45) is 6.14. The Kier molecular flexibility index (Phi) is 7.26. The van der Waals surface area contributed by atoms with Gasteiger partial charge in [0, 0.05) is 38.5 Å². The van der Waals surface area contributed by atoms with Crippen LogP contribution >= 0.6 is 0 Å². The first kappa shape index (κ1) is 23.1. The molecule has 1 aliphatic carbocycles. The van der Waals surface area contributed by atoms with Crippen LogP contribution < -0.4 is 10.6 Å². The summed E-state index contributed by atoms with van der Waals surface area (Å²) in [6, 6.07) is 16.5. The molecule has 0 saturated carbocycles. The van der Waals surface area contributed by atoms with Crippen LogP contribution in [0.2, 0.25) is 0 Å². The Bertz CT molecular complexity index is 1000. The molecule has 6 nitrogen and oxygen atoms in total. The third kappa shape index (κ3) is 5.68. The van der Waals surface area contributed by atoms with Gasteiger partial charge in [-0.1, -0.05) is 36.4 Å². The lowest BCUT2D eigenvalue weighted by Crippen LogP contribution is -2.49. The summed E-state index contributed by atoms with van der Waals surface area (Å²) in [6.45, 7) is 3.38. The zero-order chi connectivity index (χ0) is 23.3. The van der Waals surface area contributed by atoms with E-state index < -0.39 is 0 Å². The number of benzene rings is 2. The highest BCUT2D eigenvalue weighted by Crippen LogP contribution is 2.28. The summed E-state index contributed by atoms with van der Waals surface area (Å²) >= 11 is 0. The summed E-state index contributed by atoms with van der Waals surface area (Å²) in [5.74, 6) is -0.407. The van der Waals surface area contributed by atoms with E-state index in [4.69, 9.17) is 4.74 Å². The van der Waals surface area contributed by atoms with Crippen LogP contribution in [0, 0.1) is 11.8 Å². The van der Waals surface area contributed by atoms with E-state index in [1.807, 2.05) is 24.3 Å². The van der Waals surface area contributed by atoms with E-state index in [0.29, 0.717) is 26.1 Å².